The molecule has 0 atom stereocenters. The van der Waals surface area contributed by atoms with E-state index in [1.807, 2.05) is 13.8 Å². The Hall–Kier alpha value is -1.19. The number of nitrogens with zero attached hydrogens (tertiary/aromatic N) is 3. The van der Waals surface area contributed by atoms with E-state index in [1.54, 1.807) is 0 Å². The first-order valence-electron chi connectivity index (χ1n) is 5.51. The second-order valence-electron chi connectivity index (χ2n) is 4.27. The SMILES string of the molecule is Cc1nnc(NCCCC(C)C)nc1C. The molecule has 0 spiro atoms. The van der Waals surface area contributed by atoms with Crippen molar-refractivity contribution in [3.05, 3.63) is 11.4 Å². The molecule has 0 aromatic carbocycles. The van der Waals surface area contributed by atoms with Gasteiger partial charge in [-0.15, -0.1) is 5.10 Å². The Kier molecular flexibility index (Phi) is 4.46. The van der Waals surface area contributed by atoms with Crippen molar-refractivity contribution in [3.63, 3.8) is 0 Å². The highest BCUT2D eigenvalue weighted by molar-refractivity contribution is 5.24. The largest absolute Gasteiger partial charge is 0.353 e. The van der Waals surface area contributed by atoms with E-state index < -0.39 is 0 Å². The molecular weight excluding hydrogens is 188 g/mol. The van der Waals surface area contributed by atoms with Crippen LogP contribution < -0.4 is 5.32 Å². The van der Waals surface area contributed by atoms with Gasteiger partial charge in [-0.25, -0.2) is 4.98 Å². The van der Waals surface area contributed by atoms with Gasteiger partial charge in [0.25, 0.3) is 0 Å². The van der Waals surface area contributed by atoms with Crippen LogP contribution in [0.25, 0.3) is 0 Å². The first kappa shape index (κ1) is 11.9. The van der Waals surface area contributed by atoms with Crippen molar-refractivity contribution in [1.82, 2.24) is 15.2 Å². The molecule has 4 heteroatoms. The molecule has 1 aromatic heterocycles. The van der Waals surface area contributed by atoms with E-state index in [1.165, 1.54) is 6.42 Å². The molecule has 0 aliphatic rings. The average molecular weight is 208 g/mol. The van der Waals surface area contributed by atoms with Gasteiger partial charge in [0, 0.05) is 6.54 Å². The number of nitrogens with one attached hydrogen (secondary N) is 1. The fourth-order valence-corrected chi connectivity index (χ4v) is 1.24. The fourth-order valence-electron chi connectivity index (χ4n) is 1.24. The molecule has 0 saturated carbocycles. The fraction of sp³-hybridized carbons (Fsp3) is 0.727. The molecule has 4 nitrogen and oxygen atoms in total. The summed E-state index contributed by atoms with van der Waals surface area (Å²) in [5.41, 5.74) is 1.83. The van der Waals surface area contributed by atoms with Crippen LogP contribution in [0.3, 0.4) is 0 Å². The molecule has 0 unspecified atom stereocenters. The van der Waals surface area contributed by atoms with E-state index in [0.717, 1.165) is 30.3 Å². The van der Waals surface area contributed by atoms with E-state index in [4.69, 9.17) is 0 Å². The Morgan fingerprint density at radius 3 is 2.47 bits per heavy atom. The summed E-state index contributed by atoms with van der Waals surface area (Å²) < 4.78 is 0. The van der Waals surface area contributed by atoms with E-state index in [-0.39, 0.29) is 0 Å². The van der Waals surface area contributed by atoms with Crippen molar-refractivity contribution in [2.75, 3.05) is 11.9 Å². The van der Waals surface area contributed by atoms with Gasteiger partial charge < -0.3 is 5.32 Å². The summed E-state index contributed by atoms with van der Waals surface area (Å²) in [5.74, 6) is 1.40. The summed E-state index contributed by atoms with van der Waals surface area (Å²) in [6, 6.07) is 0. The van der Waals surface area contributed by atoms with E-state index in [2.05, 4.69) is 34.3 Å². The zero-order valence-electron chi connectivity index (χ0n) is 10.0. The van der Waals surface area contributed by atoms with Crippen LogP contribution in [0, 0.1) is 19.8 Å². The Morgan fingerprint density at radius 2 is 1.87 bits per heavy atom. The monoisotopic (exact) mass is 208 g/mol. The minimum absolute atomic E-state index is 0.641. The maximum Gasteiger partial charge on any atom is 0.242 e. The van der Waals surface area contributed by atoms with Gasteiger partial charge in [-0.3, -0.25) is 0 Å². The molecule has 1 rings (SSSR count). The summed E-state index contributed by atoms with van der Waals surface area (Å²) in [4.78, 5) is 4.30. The third-order valence-corrected chi connectivity index (χ3v) is 2.33. The summed E-state index contributed by atoms with van der Waals surface area (Å²) in [5, 5.41) is 11.2. The zero-order chi connectivity index (χ0) is 11.3. The smallest absolute Gasteiger partial charge is 0.242 e. The molecule has 84 valence electrons. The number of rotatable bonds is 5. The van der Waals surface area contributed by atoms with Crippen molar-refractivity contribution in [2.45, 2.75) is 40.5 Å². The van der Waals surface area contributed by atoms with E-state index in [0.29, 0.717) is 5.95 Å². The summed E-state index contributed by atoms with van der Waals surface area (Å²) in [7, 11) is 0. The number of aryl methyl sites for hydroxylation is 2. The van der Waals surface area contributed by atoms with Crippen LogP contribution in [0.2, 0.25) is 0 Å². The van der Waals surface area contributed by atoms with Crippen LogP contribution in [0.4, 0.5) is 5.95 Å². The zero-order valence-corrected chi connectivity index (χ0v) is 10.0. The molecule has 15 heavy (non-hydrogen) atoms. The van der Waals surface area contributed by atoms with Gasteiger partial charge in [-0.1, -0.05) is 13.8 Å². The van der Waals surface area contributed by atoms with Crippen molar-refractivity contribution in [1.29, 1.82) is 0 Å². The molecule has 0 aliphatic heterocycles. The van der Waals surface area contributed by atoms with Gasteiger partial charge in [0.2, 0.25) is 5.95 Å². The highest BCUT2D eigenvalue weighted by atomic mass is 15.2. The molecule has 0 aliphatic carbocycles. The quantitative estimate of drug-likeness (QED) is 0.754. The number of hydrogen-bond acceptors (Lipinski definition) is 4. The Balaban J connectivity index is 2.35. The van der Waals surface area contributed by atoms with Gasteiger partial charge in [0.1, 0.15) is 0 Å². The first-order valence-corrected chi connectivity index (χ1v) is 5.51. The predicted octanol–water partition coefficient (Wildman–Crippen LogP) is 2.34. The maximum atomic E-state index is 4.30. The lowest BCUT2D eigenvalue weighted by atomic mass is 10.1. The summed E-state index contributed by atoms with van der Waals surface area (Å²) >= 11 is 0. The molecule has 0 fully saturated rings. The summed E-state index contributed by atoms with van der Waals surface area (Å²) in [6.07, 6.45) is 2.37. The molecule has 1 aromatic rings. The standard InChI is InChI=1S/C11H20N4/c1-8(2)6-5-7-12-11-13-9(3)10(4)14-15-11/h8H,5-7H2,1-4H3,(H,12,13,15). The Bertz CT molecular complexity index is 309. The Morgan fingerprint density at radius 1 is 1.13 bits per heavy atom. The lowest BCUT2D eigenvalue weighted by Crippen LogP contribution is -2.09. The third kappa shape index (κ3) is 4.23. The molecule has 0 bridgehead atoms. The third-order valence-electron chi connectivity index (χ3n) is 2.33. The van der Waals surface area contributed by atoms with Crippen LogP contribution in [-0.2, 0) is 0 Å². The van der Waals surface area contributed by atoms with Crippen LogP contribution in [0.15, 0.2) is 0 Å². The van der Waals surface area contributed by atoms with E-state index in [9.17, 15) is 0 Å². The minimum atomic E-state index is 0.641. The second kappa shape index (κ2) is 5.63. The Labute approximate surface area is 91.5 Å². The van der Waals surface area contributed by atoms with Crippen LogP contribution >= 0.6 is 0 Å². The average Bonchev–Trinajstić information content (AvgIpc) is 2.18. The van der Waals surface area contributed by atoms with E-state index >= 15 is 0 Å². The van der Waals surface area contributed by atoms with Crippen LogP contribution in [-0.4, -0.2) is 21.7 Å². The number of hydrogen-bond donors (Lipinski definition) is 1. The van der Waals surface area contributed by atoms with Crippen molar-refractivity contribution in [3.8, 4) is 0 Å². The van der Waals surface area contributed by atoms with Gasteiger partial charge in [0.15, 0.2) is 0 Å². The summed E-state index contributed by atoms with van der Waals surface area (Å²) in [6.45, 7) is 9.24. The molecule has 1 heterocycles. The molecule has 0 radical (unpaired) electrons. The number of aromatic nitrogens is 3. The lowest BCUT2D eigenvalue weighted by Gasteiger charge is -2.06. The molecule has 0 saturated heterocycles. The second-order valence-corrected chi connectivity index (χ2v) is 4.27. The lowest BCUT2D eigenvalue weighted by molar-refractivity contribution is 0.566. The maximum absolute atomic E-state index is 4.30. The normalized spacial score (nSPS) is 10.7. The molecule has 0 amide bonds. The number of anilines is 1. The van der Waals surface area contributed by atoms with Crippen molar-refractivity contribution in [2.24, 2.45) is 5.92 Å². The molecule has 1 N–H and O–H groups in total. The van der Waals surface area contributed by atoms with Gasteiger partial charge in [-0.2, -0.15) is 5.10 Å². The molecular formula is C11H20N4. The topological polar surface area (TPSA) is 50.7 Å². The van der Waals surface area contributed by atoms with Gasteiger partial charge in [-0.05, 0) is 32.6 Å². The van der Waals surface area contributed by atoms with Crippen molar-refractivity contribution < 1.29 is 0 Å². The highest BCUT2D eigenvalue weighted by Crippen LogP contribution is 2.05. The first-order chi connectivity index (χ1) is 7.09. The van der Waals surface area contributed by atoms with Gasteiger partial charge >= 0.3 is 0 Å². The predicted molar refractivity (Wildman–Crippen MR) is 61.9 cm³/mol. The van der Waals surface area contributed by atoms with Crippen molar-refractivity contribution >= 4 is 5.95 Å². The minimum Gasteiger partial charge on any atom is -0.353 e. The van der Waals surface area contributed by atoms with Gasteiger partial charge in [0.05, 0.1) is 11.4 Å². The highest BCUT2D eigenvalue weighted by Gasteiger charge is 2.00. The van der Waals surface area contributed by atoms with Crippen LogP contribution in [0.5, 0.6) is 0 Å². The van der Waals surface area contributed by atoms with Crippen LogP contribution in [0.1, 0.15) is 38.1 Å².